The predicted molar refractivity (Wildman–Crippen MR) is 100 cm³/mol. The first kappa shape index (κ1) is 21.3. The maximum Gasteiger partial charge on any atom is 0.418 e. The number of para-hydroxylation sites is 1. The summed E-state index contributed by atoms with van der Waals surface area (Å²) in [5, 5.41) is 10.4. The molecular weight excluding hydrogens is 387 g/mol. The molecule has 1 aliphatic rings. The molecule has 10 heteroatoms. The van der Waals surface area contributed by atoms with Crippen molar-refractivity contribution in [2.75, 3.05) is 38.0 Å². The number of anilines is 1. The lowest BCUT2D eigenvalue weighted by molar-refractivity contribution is -0.137. The van der Waals surface area contributed by atoms with Crippen LogP contribution in [0.1, 0.15) is 37.1 Å². The summed E-state index contributed by atoms with van der Waals surface area (Å²) in [6.45, 7) is 7.19. The number of aromatic nitrogens is 2. The number of nitrogens with zero attached hydrogens (tertiary/aromatic N) is 4. The molecule has 0 aliphatic carbocycles. The Balaban J connectivity index is 1.48. The van der Waals surface area contributed by atoms with Crippen molar-refractivity contribution in [1.82, 2.24) is 20.0 Å². The van der Waals surface area contributed by atoms with Crippen molar-refractivity contribution < 1.29 is 22.4 Å². The molecule has 2 heterocycles. The summed E-state index contributed by atoms with van der Waals surface area (Å²) < 4.78 is 44.7. The van der Waals surface area contributed by atoms with E-state index in [1.807, 2.05) is 18.7 Å². The summed E-state index contributed by atoms with van der Waals surface area (Å²) >= 11 is 0. The Bertz CT molecular complexity index is 829. The first-order valence-corrected chi connectivity index (χ1v) is 9.45. The highest BCUT2D eigenvalue weighted by Gasteiger charge is 2.33. The molecule has 0 atom stereocenters. The average molecular weight is 411 g/mol. The van der Waals surface area contributed by atoms with Gasteiger partial charge in [0, 0.05) is 32.1 Å². The van der Waals surface area contributed by atoms with Crippen molar-refractivity contribution in [3.63, 3.8) is 0 Å². The minimum atomic E-state index is -4.51. The number of hydrogen-bond donors (Lipinski definition) is 1. The fraction of sp³-hybridized carbons (Fsp3) is 0.526. The van der Waals surface area contributed by atoms with E-state index in [1.54, 1.807) is 0 Å². The van der Waals surface area contributed by atoms with E-state index in [-0.39, 0.29) is 18.2 Å². The van der Waals surface area contributed by atoms with Crippen molar-refractivity contribution in [1.29, 1.82) is 0 Å². The number of alkyl halides is 3. The standard InChI is InChI=1S/C19H24F3N5O2/c1-13(2)18-25-24-17(29-18)12-27-9-7-26(8-10-27)11-16(28)23-15-6-4-3-5-14(15)19(20,21)22/h3-6,13H,7-12H2,1-2H3,(H,23,28). The van der Waals surface area contributed by atoms with Crippen LogP contribution in [0.3, 0.4) is 0 Å². The topological polar surface area (TPSA) is 74.5 Å². The van der Waals surface area contributed by atoms with Gasteiger partial charge in [0.25, 0.3) is 0 Å². The smallest absolute Gasteiger partial charge is 0.418 e. The number of halogens is 3. The highest BCUT2D eigenvalue weighted by molar-refractivity contribution is 5.93. The molecule has 0 bridgehead atoms. The van der Waals surface area contributed by atoms with E-state index in [0.29, 0.717) is 44.5 Å². The molecule has 1 aromatic carbocycles. The van der Waals surface area contributed by atoms with Crippen LogP contribution in [0.4, 0.5) is 18.9 Å². The molecule has 29 heavy (non-hydrogen) atoms. The van der Waals surface area contributed by atoms with Crippen LogP contribution < -0.4 is 5.32 Å². The van der Waals surface area contributed by atoms with Gasteiger partial charge in [-0.25, -0.2) is 0 Å². The molecule has 3 rings (SSSR count). The van der Waals surface area contributed by atoms with Gasteiger partial charge in [0.1, 0.15) is 0 Å². The molecule has 1 aromatic heterocycles. The molecule has 2 aromatic rings. The number of nitrogens with one attached hydrogen (secondary N) is 1. The van der Waals surface area contributed by atoms with Crippen LogP contribution in [0, 0.1) is 0 Å². The van der Waals surface area contributed by atoms with Gasteiger partial charge >= 0.3 is 6.18 Å². The van der Waals surface area contributed by atoms with Gasteiger partial charge in [0.15, 0.2) is 0 Å². The van der Waals surface area contributed by atoms with Crippen molar-refractivity contribution in [3.05, 3.63) is 41.6 Å². The van der Waals surface area contributed by atoms with Crippen molar-refractivity contribution >= 4 is 11.6 Å². The number of carbonyl (C=O) groups excluding carboxylic acids is 1. The largest absolute Gasteiger partial charge is 0.424 e. The van der Waals surface area contributed by atoms with Gasteiger partial charge < -0.3 is 9.73 Å². The van der Waals surface area contributed by atoms with Crippen LogP contribution in [-0.4, -0.2) is 58.6 Å². The lowest BCUT2D eigenvalue weighted by Crippen LogP contribution is -2.48. The zero-order valence-electron chi connectivity index (χ0n) is 16.4. The quantitative estimate of drug-likeness (QED) is 0.788. The molecule has 1 fully saturated rings. The van der Waals surface area contributed by atoms with Gasteiger partial charge in [-0.3, -0.25) is 14.6 Å². The fourth-order valence-corrected chi connectivity index (χ4v) is 3.09. The molecule has 0 radical (unpaired) electrons. The Morgan fingerprint density at radius 1 is 1.14 bits per heavy atom. The van der Waals surface area contributed by atoms with Crippen molar-refractivity contribution in [3.8, 4) is 0 Å². The van der Waals surface area contributed by atoms with E-state index in [4.69, 9.17) is 4.42 Å². The van der Waals surface area contributed by atoms with Crippen molar-refractivity contribution in [2.45, 2.75) is 32.5 Å². The lowest BCUT2D eigenvalue weighted by Gasteiger charge is -2.33. The number of hydrogen-bond acceptors (Lipinski definition) is 6. The maximum atomic E-state index is 13.0. The summed E-state index contributed by atoms with van der Waals surface area (Å²) in [5.41, 5.74) is -1.07. The maximum absolute atomic E-state index is 13.0. The summed E-state index contributed by atoms with van der Waals surface area (Å²) in [4.78, 5) is 16.3. The second-order valence-electron chi connectivity index (χ2n) is 7.33. The van der Waals surface area contributed by atoms with Gasteiger partial charge in [0.2, 0.25) is 17.7 Å². The highest BCUT2D eigenvalue weighted by Crippen LogP contribution is 2.34. The van der Waals surface area contributed by atoms with Crippen LogP contribution in [0.2, 0.25) is 0 Å². The lowest BCUT2D eigenvalue weighted by atomic mass is 10.1. The van der Waals surface area contributed by atoms with Gasteiger partial charge in [0.05, 0.1) is 24.3 Å². The second kappa shape index (κ2) is 8.91. The van der Waals surface area contributed by atoms with E-state index in [1.165, 1.54) is 18.2 Å². The van der Waals surface area contributed by atoms with Crippen LogP contribution >= 0.6 is 0 Å². The van der Waals surface area contributed by atoms with E-state index in [0.717, 1.165) is 6.07 Å². The Kier molecular flexibility index (Phi) is 6.53. The van der Waals surface area contributed by atoms with E-state index < -0.39 is 17.6 Å². The summed E-state index contributed by atoms with van der Waals surface area (Å²) in [6.07, 6.45) is -4.51. The third kappa shape index (κ3) is 5.77. The number of carbonyl (C=O) groups is 1. The number of benzene rings is 1. The van der Waals surface area contributed by atoms with Crippen molar-refractivity contribution in [2.24, 2.45) is 0 Å². The third-order valence-corrected chi connectivity index (χ3v) is 4.67. The Hall–Kier alpha value is -2.46. The first-order chi connectivity index (χ1) is 13.7. The summed E-state index contributed by atoms with van der Waals surface area (Å²) in [5.74, 6) is 0.876. The minimum Gasteiger partial charge on any atom is -0.424 e. The molecule has 1 N–H and O–H groups in total. The molecule has 1 amide bonds. The van der Waals surface area contributed by atoms with E-state index >= 15 is 0 Å². The molecule has 158 valence electrons. The van der Waals surface area contributed by atoms with Gasteiger partial charge in [-0.05, 0) is 12.1 Å². The van der Waals surface area contributed by atoms with Gasteiger partial charge in [-0.15, -0.1) is 10.2 Å². The SMILES string of the molecule is CC(C)c1nnc(CN2CCN(CC(=O)Nc3ccccc3C(F)(F)F)CC2)o1. The molecular formula is C19H24F3N5O2. The number of amides is 1. The number of piperazine rings is 1. The Morgan fingerprint density at radius 3 is 2.41 bits per heavy atom. The Labute approximate surface area is 166 Å². The summed E-state index contributed by atoms with van der Waals surface area (Å²) in [7, 11) is 0. The second-order valence-corrected chi connectivity index (χ2v) is 7.33. The van der Waals surface area contributed by atoms with Crippen LogP contribution in [0.25, 0.3) is 0 Å². The summed E-state index contributed by atoms with van der Waals surface area (Å²) in [6, 6.07) is 4.97. The number of rotatable bonds is 6. The fourth-order valence-electron chi connectivity index (χ4n) is 3.09. The van der Waals surface area contributed by atoms with Crippen LogP contribution in [-0.2, 0) is 17.5 Å². The van der Waals surface area contributed by atoms with Gasteiger partial charge in [-0.2, -0.15) is 13.2 Å². The molecule has 7 nitrogen and oxygen atoms in total. The van der Waals surface area contributed by atoms with Crippen LogP contribution in [0.5, 0.6) is 0 Å². The molecule has 0 saturated carbocycles. The van der Waals surface area contributed by atoms with Crippen LogP contribution in [0.15, 0.2) is 28.7 Å². The zero-order valence-corrected chi connectivity index (χ0v) is 16.4. The highest BCUT2D eigenvalue weighted by atomic mass is 19.4. The monoisotopic (exact) mass is 411 g/mol. The molecule has 1 aliphatic heterocycles. The van der Waals surface area contributed by atoms with E-state index in [9.17, 15) is 18.0 Å². The van der Waals surface area contributed by atoms with E-state index in [2.05, 4.69) is 20.4 Å². The predicted octanol–water partition coefficient (Wildman–Crippen LogP) is 2.97. The average Bonchev–Trinajstić information content (AvgIpc) is 3.12. The van der Waals surface area contributed by atoms with Gasteiger partial charge in [-0.1, -0.05) is 26.0 Å². The zero-order chi connectivity index (χ0) is 21.0. The first-order valence-electron chi connectivity index (χ1n) is 9.45. The minimum absolute atomic E-state index is 0.0398. The third-order valence-electron chi connectivity index (χ3n) is 4.67. The molecule has 1 saturated heterocycles. The molecule has 0 spiro atoms. The normalized spacial score (nSPS) is 16.3. The Morgan fingerprint density at radius 2 is 1.79 bits per heavy atom. The molecule has 0 unspecified atom stereocenters.